The number of ether oxygens (including phenoxy) is 2. The van der Waals surface area contributed by atoms with E-state index in [4.69, 9.17) is 9.47 Å². The Bertz CT molecular complexity index is 967. The molecule has 30 heavy (non-hydrogen) atoms. The van der Waals surface area contributed by atoms with Crippen LogP contribution in [0.25, 0.3) is 0 Å². The molecule has 1 saturated heterocycles. The smallest absolute Gasteiger partial charge is 0.338 e. The maximum absolute atomic E-state index is 13.3. The van der Waals surface area contributed by atoms with Crippen LogP contribution in [0, 0.1) is 5.92 Å². The Kier molecular flexibility index (Phi) is 4.83. The lowest BCUT2D eigenvalue weighted by atomic mass is 10.1. The summed E-state index contributed by atoms with van der Waals surface area (Å²) in [5.74, 6) is -1.07. The lowest BCUT2D eigenvalue weighted by Crippen LogP contribution is -2.47. The van der Waals surface area contributed by atoms with Crippen LogP contribution in [0.2, 0.25) is 0 Å². The van der Waals surface area contributed by atoms with Gasteiger partial charge in [0.15, 0.2) is 0 Å². The van der Waals surface area contributed by atoms with Crippen molar-refractivity contribution in [3.05, 3.63) is 53.6 Å². The second-order valence-corrected chi connectivity index (χ2v) is 8.98. The molecule has 3 aliphatic rings. The predicted molar refractivity (Wildman–Crippen MR) is 105 cm³/mol. The zero-order chi connectivity index (χ0) is 20.9. The summed E-state index contributed by atoms with van der Waals surface area (Å²) < 4.78 is 50.2. The van der Waals surface area contributed by atoms with Crippen molar-refractivity contribution in [2.24, 2.45) is 5.92 Å². The van der Waals surface area contributed by atoms with Crippen LogP contribution in [0.3, 0.4) is 0 Å². The number of hydrogen-bond donors (Lipinski definition) is 0. The molecule has 1 amide bonds. The molecule has 1 spiro atoms. The first-order valence-electron chi connectivity index (χ1n) is 9.96. The summed E-state index contributed by atoms with van der Waals surface area (Å²) >= 11 is 1.34. The Morgan fingerprint density at radius 3 is 2.33 bits per heavy atom. The van der Waals surface area contributed by atoms with E-state index in [1.165, 1.54) is 23.9 Å². The Morgan fingerprint density at radius 1 is 1.03 bits per heavy atom. The van der Waals surface area contributed by atoms with Crippen molar-refractivity contribution in [1.82, 2.24) is 0 Å². The van der Waals surface area contributed by atoms with Gasteiger partial charge in [-0.1, -0.05) is 11.8 Å². The van der Waals surface area contributed by atoms with Gasteiger partial charge < -0.3 is 14.4 Å². The third kappa shape index (κ3) is 3.50. The molecule has 0 N–H and O–H groups in total. The second kappa shape index (κ2) is 7.28. The summed E-state index contributed by atoms with van der Waals surface area (Å²) in [6.07, 6.45) is -1.39. The fraction of sp³-hybridized carbons (Fsp3) is 0.409. The third-order valence-corrected chi connectivity index (χ3v) is 6.59. The van der Waals surface area contributed by atoms with Crippen molar-refractivity contribution < 1.29 is 27.4 Å². The van der Waals surface area contributed by atoms with Crippen molar-refractivity contribution in [1.29, 1.82) is 0 Å². The quantitative estimate of drug-likeness (QED) is 0.662. The van der Waals surface area contributed by atoms with Crippen molar-refractivity contribution in [3.63, 3.8) is 0 Å². The zero-order valence-electron chi connectivity index (χ0n) is 16.1. The predicted octanol–water partition coefficient (Wildman–Crippen LogP) is 5.20. The Morgan fingerprint density at radius 2 is 1.70 bits per heavy atom. The first-order chi connectivity index (χ1) is 14.4. The average molecular weight is 435 g/mol. The van der Waals surface area contributed by atoms with Crippen LogP contribution >= 0.6 is 11.8 Å². The summed E-state index contributed by atoms with van der Waals surface area (Å²) in [5, 5.41) is 0. The van der Waals surface area contributed by atoms with Gasteiger partial charge in [-0.15, -0.1) is 0 Å². The first-order valence-corrected chi connectivity index (χ1v) is 10.8. The van der Waals surface area contributed by atoms with E-state index in [9.17, 15) is 18.0 Å². The topological polar surface area (TPSA) is 38.8 Å². The zero-order valence-corrected chi connectivity index (χ0v) is 16.9. The fourth-order valence-corrected chi connectivity index (χ4v) is 4.74. The van der Waals surface area contributed by atoms with E-state index in [0.29, 0.717) is 36.1 Å². The molecular weight excluding hydrogens is 415 g/mol. The molecule has 2 fully saturated rings. The molecular formula is C22H20F3NO3S. The van der Waals surface area contributed by atoms with Gasteiger partial charge in [0, 0.05) is 21.9 Å². The summed E-state index contributed by atoms with van der Waals surface area (Å²) in [6.45, 7) is 1.54. The molecule has 2 aromatic carbocycles. The number of nitrogens with zero attached hydrogens (tertiary/aromatic N) is 1. The van der Waals surface area contributed by atoms with Gasteiger partial charge in [0.05, 0.1) is 24.5 Å². The van der Waals surface area contributed by atoms with E-state index in [1.807, 2.05) is 18.2 Å². The normalized spacial score (nSPS) is 20.6. The summed E-state index contributed by atoms with van der Waals surface area (Å²) in [7, 11) is 0. The van der Waals surface area contributed by atoms with Crippen LogP contribution in [0.5, 0.6) is 0 Å². The molecule has 1 saturated carbocycles. The van der Waals surface area contributed by atoms with Crippen LogP contribution in [0.4, 0.5) is 18.9 Å². The number of rotatable bonds is 4. The van der Waals surface area contributed by atoms with E-state index in [-0.39, 0.29) is 5.91 Å². The molecule has 0 radical (unpaired) electrons. The first kappa shape index (κ1) is 19.9. The van der Waals surface area contributed by atoms with E-state index in [1.54, 1.807) is 4.90 Å². The molecule has 2 aromatic rings. The van der Waals surface area contributed by atoms with Gasteiger partial charge in [0.25, 0.3) is 11.7 Å². The lowest BCUT2D eigenvalue weighted by Gasteiger charge is -2.32. The maximum atomic E-state index is 13.3. The van der Waals surface area contributed by atoms with E-state index < -0.39 is 17.5 Å². The standard InChI is InChI=1S/C22H20F3NO3S/c23-22(24,25)15-4-6-16(7-5-15)30-17-8-9-19-18(12-17)21(28-10-1-11-29-21)20(27)26(19)13-14-2-3-14/h4-9,12,14H,1-3,10-11,13H2. The Labute approximate surface area is 176 Å². The molecule has 8 heteroatoms. The number of fused-ring (bicyclic) bond motifs is 2. The SMILES string of the molecule is O=C1N(CC2CC2)c2ccc(Sc3ccc(C(F)(F)F)cc3)cc2C12OCCCO2. The van der Waals surface area contributed by atoms with E-state index in [2.05, 4.69) is 0 Å². The van der Waals surface area contributed by atoms with Crippen LogP contribution in [-0.2, 0) is 26.2 Å². The van der Waals surface area contributed by atoms with Crippen molar-refractivity contribution in [2.75, 3.05) is 24.7 Å². The fourth-order valence-electron chi connectivity index (χ4n) is 3.88. The molecule has 0 aromatic heterocycles. The average Bonchev–Trinajstić information content (AvgIpc) is 3.53. The van der Waals surface area contributed by atoms with E-state index in [0.717, 1.165) is 42.0 Å². The number of anilines is 1. The van der Waals surface area contributed by atoms with Crippen LogP contribution in [0.15, 0.2) is 52.3 Å². The summed E-state index contributed by atoms with van der Waals surface area (Å²) in [4.78, 5) is 16.5. The van der Waals surface area contributed by atoms with Crippen LogP contribution in [0.1, 0.15) is 30.4 Å². The second-order valence-electron chi connectivity index (χ2n) is 7.83. The Balaban J connectivity index is 1.46. The van der Waals surface area contributed by atoms with Crippen molar-refractivity contribution in [2.45, 2.75) is 41.0 Å². The number of carbonyl (C=O) groups is 1. The number of benzene rings is 2. The Hall–Kier alpha value is -2.03. The molecule has 5 rings (SSSR count). The highest BCUT2D eigenvalue weighted by Crippen LogP contribution is 2.48. The van der Waals surface area contributed by atoms with Gasteiger partial charge in [-0.25, -0.2) is 0 Å². The highest BCUT2D eigenvalue weighted by molar-refractivity contribution is 7.99. The van der Waals surface area contributed by atoms with Crippen LogP contribution < -0.4 is 4.90 Å². The van der Waals surface area contributed by atoms with Gasteiger partial charge in [-0.05, 0) is 67.6 Å². The lowest BCUT2D eigenvalue weighted by molar-refractivity contribution is -0.256. The summed E-state index contributed by atoms with van der Waals surface area (Å²) in [6, 6.07) is 10.7. The van der Waals surface area contributed by atoms with Gasteiger partial charge >= 0.3 is 6.18 Å². The number of alkyl halides is 3. The minimum absolute atomic E-state index is 0.180. The molecule has 158 valence electrons. The van der Waals surface area contributed by atoms with Gasteiger partial charge in [0.1, 0.15) is 0 Å². The third-order valence-electron chi connectivity index (χ3n) is 5.59. The maximum Gasteiger partial charge on any atom is 0.416 e. The van der Waals surface area contributed by atoms with Gasteiger partial charge in [-0.3, -0.25) is 4.79 Å². The minimum Gasteiger partial charge on any atom is -0.338 e. The molecule has 1 aliphatic carbocycles. The van der Waals surface area contributed by atoms with Crippen molar-refractivity contribution in [3.8, 4) is 0 Å². The molecule has 0 atom stereocenters. The largest absolute Gasteiger partial charge is 0.416 e. The molecule has 4 nitrogen and oxygen atoms in total. The number of halogens is 3. The molecule has 2 heterocycles. The van der Waals surface area contributed by atoms with Gasteiger partial charge in [0.2, 0.25) is 0 Å². The number of hydrogen-bond acceptors (Lipinski definition) is 4. The molecule has 0 bridgehead atoms. The highest BCUT2D eigenvalue weighted by atomic mass is 32.2. The van der Waals surface area contributed by atoms with E-state index >= 15 is 0 Å². The van der Waals surface area contributed by atoms with Crippen LogP contribution in [-0.4, -0.2) is 25.7 Å². The summed E-state index contributed by atoms with van der Waals surface area (Å²) in [5.41, 5.74) is 0.806. The van der Waals surface area contributed by atoms with Gasteiger partial charge in [-0.2, -0.15) is 13.2 Å². The molecule has 0 unspecified atom stereocenters. The number of amides is 1. The number of carbonyl (C=O) groups excluding carboxylic acids is 1. The van der Waals surface area contributed by atoms with Crippen molar-refractivity contribution >= 4 is 23.4 Å². The minimum atomic E-state index is -4.36. The highest BCUT2D eigenvalue weighted by Gasteiger charge is 2.55. The monoisotopic (exact) mass is 435 g/mol. The molecule has 2 aliphatic heterocycles.